The van der Waals surface area contributed by atoms with E-state index in [2.05, 4.69) is 6.92 Å². The molecule has 2 rings (SSSR count). The largest absolute Gasteiger partial charge is 0.504 e. The highest BCUT2D eigenvalue weighted by atomic mass is 16.7. The molecule has 1 aromatic carbocycles. The maximum Gasteiger partial charge on any atom is 0.270 e. The van der Waals surface area contributed by atoms with Gasteiger partial charge in [0.1, 0.15) is 19.1 Å². The quantitative estimate of drug-likeness (QED) is 0.631. The normalized spacial score (nSPS) is 13.8. The monoisotopic (exact) mass is 324 g/mol. The van der Waals surface area contributed by atoms with E-state index in [0.717, 1.165) is 19.4 Å². The molecule has 0 unspecified atom stereocenters. The highest BCUT2D eigenvalue weighted by molar-refractivity contribution is 5.46. The second-order valence-electron chi connectivity index (χ2n) is 5.00. The van der Waals surface area contributed by atoms with Gasteiger partial charge in [-0.3, -0.25) is 0 Å². The average Bonchev–Trinajstić information content (AvgIpc) is 3.09. The Hall–Kier alpha value is -1.92. The molecule has 1 aliphatic heterocycles. The fraction of sp³-hybridized carbons (Fsp3) is 0.529. The lowest BCUT2D eigenvalue weighted by atomic mass is 10.2. The number of phenolic OH excluding ortho intramolecular Hbond substituents is 1. The standard InChI is InChI=1S/C17H24O6/c1-2-3-7-19-8-9-20-10-11-21-16-14(5-4-6-15(16)18)17-22-12-13-23-17/h4-6,12-13,17-18H,2-3,7-11H2,1H3. The first-order valence-corrected chi connectivity index (χ1v) is 7.89. The van der Waals surface area contributed by atoms with Crippen LogP contribution in [0.4, 0.5) is 0 Å². The van der Waals surface area contributed by atoms with E-state index < -0.39 is 6.29 Å². The molecule has 0 spiro atoms. The topological polar surface area (TPSA) is 66.4 Å². The van der Waals surface area contributed by atoms with Gasteiger partial charge in [0.15, 0.2) is 11.5 Å². The molecule has 0 fully saturated rings. The van der Waals surface area contributed by atoms with E-state index in [1.165, 1.54) is 12.5 Å². The van der Waals surface area contributed by atoms with Crippen LogP contribution in [0.25, 0.3) is 0 Å². The average molecular weight is 324 g/mol. The Balaban J connectivity index is 1.69. The van der Waals surface area contributed by atoms with Gasteiger partial charge in [0.25, 0.3) is 6.29 Å². The van der Waals surface area contributed by atoms with Gasteiger partial charge in [-0.05, 0) is 18.6 Å². The summed E-state index contributed by atoms with van der Waals surface area (Å²) in [6, 6.07) is 5.06. The molecule has 1 aromatic rings. The Bertz CT molecular complexity index is 480. The van der Waals surface area contributed by atoms with Crippen LogP contribution in [-0.4, -0.2) is 38.1 Å². The van der Waals surface area contributed by atoms with E-state index in [4.69, 9.17) is 23.7 Å². The molecule has 0 atom stereocenters. The summed E-state index contributed by atoms with van der Waals surface area (Å²) in [5, 5.41) is 9.96. The van der Waals surface area contributed by atoms with Gasteiger partial charge in [0.05, 0.1) is 25.4 Å². The van der Waals surface area contributed by atoms with Gasteiger partial charge in [0, 0.05) is 6.61 Å². The molecule has 128 valence electrons. The molecule has 6 heteroatoms. The predicted molar refractivity (Wildman–Crippen MR) is 84.2 cm³/mol. The minimum atomic E-state index is -0.593. The maximum absolute atomic E-state index is 9.96. The molecule has 0 saturated heterocycles. The van der Waals surface area contributed by atoms with E-state index in [1.54, 1.807) is 18.2 Å². The van der Waals surface area contributed by atoms with Crippen molar-refractivity contribution in [1.82, 2.24) is 0 Å². The van der Waals surface area contributed by atoms with Crippen LogP contribution < -0.4 is 4.74 Å². The zero-order chi connectivity index (χ0) is 16.3. The van der Waals surface area contributed by atoms with E-state index in [-0.39, 0.29) is 5.75 Å². The summed E-state index contributed by atoms with van der Waals surface area (Å²) in [5.41, 5.74) is 0.637. The summed E-state index contributed by atoms with van der Waals surface area (Å²) in [6.07, 6.45) is 4.52. The second kappa shape index (κ2) is 9.97. The number of hydrogen-bond acceptors (Lipinski definition) is 6. The Kier molecular flexibility index (Phi) is 7.56. The Morgan fingerprint density at radius 1 is 1.00 bits per heavy atom. The van der Waals surface area contributed by atoms with Crippen LogP contribution in [-0.2, 0) is 18.9 Å². The number of aromatic hydroxyl groups is 1. The van der Waals surface area contributed by atoms with Crippen molar-refractivity contribution < 1.29 is 28.8 Å². The third-order valence-electron chi connectivity index (χ3n) is 3.23. The molecule has 23 heavy (non-hydrogen) atoms. The summed E-state index contributed by atoms with van der Waals surface area (Å²) >= 11 is 0. The van der Waals surface area contributed by atoms with Crippen LogP contribution in [0.5, 0.6) is 11.5 Å². The minimum Gasteiger partial charge on any atom is -0.504 e. The first-order valence-electron chi connectivity index (χ1n) is 7.89. The third kappa shape index (κ3) is 5.65. The molecule has 0 aliphatic carbocycles. The van der Waals surface area contributed by atoms with E-state index in [1.807, 2.05) is 0 Å². The van der Waals surface area contributed by atoms with Gasteiger partial charge in [-0.2, -0.15) is 0 Å². The van der Waals surface area contributed by atoms with Gasteiger partial charge >= 0.3 is 0 Å². The molecule has 0 aromatic heterocycles. The number of ether oxygens (including phenoxy) is 5. The fourth-order valence-corrected chi connectivity index (χ4v) is 2.04. The smallest absolute Gasteiger partial charge is 0.270 e. The molecular weight excluding hydrogens is 300 g/mol. The maximum atomic E-state index is 9.96. The molecule has 0 saturated carbocycles. The molecule has 1 N–H and O–H groups in total. The molecule has 0 radical (unpaired) electrons. The highest BCUT2D eigenvalue weighted by Crippen LogP contribution is 2.37. The molecular formula is C17H24O6. The van der Waals surface area contributed by atoms with Crippen LogP contribution in [0.2, 0.25) is 0 Å². The molecule has 1 aliphatic rings. The van der Waals surface area contributed by atoms with Crippen molar-refractivity contribution in [2.75, 3.05) is 33.0 Å². The van der Waals surface area contributed by atoms with Crippen LogP contribution in [0.3, 0.4) is 0 Å². The van der Waals surface area contributed by atoms with Crippen molar-refractivity contribution >= 4 is 0 Å². The van der Waals surface area contributed by atoms with Crippen molar-refractivity contribution in [3.8, 4) is 11.5 Å². The van der Waals surface area contributed by atoms with Crippen molar-refractivity contribution in [3.63, 3.8) is 0 Å². The number of rotatable bonds is 11. The van der Waals surface area contributed by atoms with Crippen molar-refractivity contribution in [2.45, 2.75) is 26.1 Å². The van der Waals surface area contributed by atoms with Gasteiger partial charge < -0.3 is 28.8 Å². The molecule has 0 amide bonds. The van der Waals surface area contributed by atoms with Crippen molar-refractivity contribution in [2.24, 2.45) is 0 Å². The van der Waals surface area contributed by atoms with Crippen LogP contribution in [0.15, 0.2) is 30.7 Å². The Morgan fingerprint density at radius 3 is 2.43 bits per heavy atom. The Labute approximate surface area is 136 Å². The van der Waals surface area contributed by atoms with Crippen molar-refractivity contribution in [3.05, 3.63) is 36.3 Å². The number of para-hydroxylation sites is 1. The van der Waals surface area contributed by atoms with Crippen LogP contribution in [0.1, 0.15) is 31.6 Å². The molecule has 6 nitrogen and oxygen atoms in total. The summed E-state index contributed by atoms with van der Waals surface area (Å²) in [6.45, 7) is 4.74. The highest BCUT2D eigenvalue weighted by Gasteiger charge is 2.22. The van der Waals surface area contributed by atoms with E-state index >= 15 is 0 Å². The summed E-state index contributed by atoms with van der Waals surface area (Å²) < 4.78 is 27.0. The lowest BCUT2D eigenvalue weighted by Crippen LogP contribution is -2.12. The second-order valence-corrected chi connectivity index (χ2v) is 5.00. The summed E-state index contributed by atoms with van der Waals surface area (Å²) in [5.74, 6) is 0.397. The minimum absolute atomic E-state index is 0.0458. The molecule has 1 heterocycles. The number of hydrogen-bond donors (Lipinski definition) is 1. The lowest BCUT2D eigenvalue weighted by molar-refractivity contribution is -0.0273. The van der Waals surface area contributed by atoms with E-state index in [9.17, 15) is 5.11 Å². The first-order chi connectivity index (χ1) is 11.3. The SMILES string of the molecule is CCCCOCCOCCOc1c(O)cccc1C1OC=CO1. The van der Waals surface area contributed by atoms with E-state index in [0.29, 0.717) is 37.7 Å². The van der Waals surface area contributed by atoms with Gasteiger partial charge in [-0.1, -0.05) is 19.4 Å². The number of phenols is 1. The predicted octanol–water partition coefficient (Wildman–Crippen LogP) is 3.12. The lowest BCUT2D eigenvalue weighted by Gasteiger charge is -2.16. The zero-order valence-electron chi connectivity index (χ0n) is 13.4. The number of benzene rings is 1. The van der Waals surface area contributed by atoms with Gasteiger partial charge in [-0.15, -0.1) is 0 Å². The third-order valence-corrected chi connectivity index (χ3v) is 3.23. The zero-order valence-corrected chi connectivity index (χ0v) is 13.4. The van der Waals surface area contributed by atoms with Gasteiger partial charge in [-0.25, -0.2) is 0 Å². The van der Waals surface area contributed by atoms with Gasteiger partial charge in [0.2, 0.25) is 0 Å². The summed E-state index contributed by atoms with van der Waals surface area (Å²) in [4.78, 5) is 0. The summed E-state index contributed by atoms with van der Waals surface area (Å²) in [7, 11) is 0. The fourth-order valence-electron chi connectivity index (χ4n) is 2.04. The molecule has 0 bridgehead atoms. The van der Waals surface area contributed by atoms with Crippen LogP contribution >= 0.6 is 0 Å². The Morgan fingerprint density at radius 2 is 1.70 bits per heavy atom. The first kappa shape index (κ1) is 17.4. The van der Waals surface area contributed by atoms with Crippen LogP contribution in [0, 0.1) is 0 Å². The number of unbranched alkanes of at least 4 members (excludes halogenated alkanes) is 1. The van der Waals surface area contributed by atoms with Crippen molar-refractivity contribution in [1.29, 1.82) is 0 Å².